The van der Waals surface area contributed by atoms with E-state index in [1.807, 2.05) is 37.3 Å². The molecular weight excluding hydrogens is 234 g/mol. The first-order chi connectivity index (χ1) is 9.22. The summed E-state index contributed by atoms with van der Waals surface area (Å²) in [4.78, 5) is 9.13. The van der Waals surface area contributed by atoms with Crippen molar-refractivity contribution in [2.75, 3.05) is 5.73 Å². The summed E-state index contributed by atoms with van der Waals surface area (Å²) in [6.07, 6.45) is 0.728. The van der Waals surface area contributed by atoms with Crippen LogP contribution in [0, 0.1) is 6.92 Å². The molecule has 1 aromatic carbocycles. The molecule has 3 heteroatoms. The molecule has 19 heavy (non-hydrogen) atoms. The van der Waals surface area contributed by atoms with Gasteiger partial charge in [-0.3, -0.25) is 9.97 Å². The number of rotatable bonds is 2. The maximum atomic E-state index is 5.78. The Bertz CT molecular complexity index is 735. The minimum Gasteiger partial charge on any atom is -0.397 e. The van der Waals surface area contributed by atoms with Crippen molar-refractivity contribution in [3.05, 3.63) is 65.6 Å². The number of hydrogen-bond acceptors (Lipinski definition) is 3. The molecule has 0 bridgehead atoms. The van der Waals surface area contributed by atoms with E-state index in [2.05, 4.69) is 28.2 Å². The molecule has 3 rings (SSSR count). The fraction of sp³-hybridized carbons (Fsp3) is 0.125. The number of nitrogens with two attached hydrogens (primary N) is 1. The van der Waals surface area contributed by atoms with Crippen LogP contribution in [-0.4, -0.2) is 9.97 Å². The maximum absolute atomic E-state index is 5.78. The van der Waals surface area contributed by atoms with E-state index in [0.717, 1.165) is 40.1 Å². The fourth-order valence-electron chi connectivity index (χ4n) is 2.11. The largest absolute Gasteiger partial charge is 0.397 e. The Morgan fingerprint density at radius 2 is 1.63 bits per heavy atom. The average Bonchev–Trinajstić information content (AvgIpc) is 2.43. The molecule has 0 radical (unpaired) electrons. The Balaban J connectivity index is 1.94. The van der Waals surface area contributed by atoms with E-state index in [1.165, 1.54) is 0 Å². The van der Waals surface area contributed by atoms with Crippen LogP contribution in [0.4, 0.5) is 5.69 Å². The number of aryl methyl sites for hydroxylation is 1. The number of anilines is 1. The van der Waals surface area contributed by atoms with Gasteiger partial charge >= 0.3 is 0 Å². The van der Waals surface area contributed by atoms with E-state index in [9.17, 15) is 0 Å². The predicted octanol–water partition coefficient (Wildman–Crippen LogP) is 3.11. The summed E-state index contributed by atoms with van der Waals surface area (Å²) in [5, 5.41) is 1.16. The molecule has 2 aromatic heterocycles. The Hall–Kier alpha value is -2.42. The number of benzene rings is 1. The van der Waals surface area contributed by atoms with Gasteiger partial charge in [0.05, 0.1) is 16.9 Å². The van der Waals surface area contributed by atoms with Crippen molar-refractivity contribution in [3.8, 4) is 0 Å². The summed E-state index contributed by atoms with van der Waals surface area (Å²) in [6.45, 7) is 1.92. The van der Waals surface area contributed by atoms with E-state index in [-0.39, 0.29) is 0 Å². The Morgan fingerprint density at radius 3 is 2.47 bits per heavy atom. The summed E-state index contributed by atoms with van der Waals surface area (Å²) in [5.74, 6) is 0. The van der Waals surface area contributed by atoms with Gasteiger partial charge in [0.25, 0.3) is 0 Å². The van der Waals surface area contributed by atoms with Crippen LogP contribution in [-0.2, 0) is 6.42 Å². The zero-order chi connectivity index (χ0) is 13.2. The molecule has 2 N–H and O–H groups in total. The zero-order valence-electron chi connectivity index (χ0n) is 10.8. The molecule has 0 atom stereocenters. The van der Waals surface area contributed by atoms with Gasteiger partial charge < -0.3 is 5.73 Å². The van der Waals surface area contributed by atoms with E-state index >= 15 is 0 Å². The monoisotopic (exact) mass is 249 g/mol. The molecule has 3 aromatic rings. The molecule has 0 spiro atoms. The van der Waals surface area contributed by atoms with Gasteiger partial charge in [-0.1, -0.05) is 24.3 Å². The Morgan fingerprint density at radius 1 is 0.895 bits per heavy atom. The summed E-state index contributed by atoms with van der Waals surface area (Å²) >= 11 is 0. The lowest BCUT2D eigenvalue weighted by molar-refractivity contribution is 1.00. The molecule has 0 amide bonds. The minimum absolute atomic E-state index is 0.728. The van der Waals surface area contributed by atoms with E-state index < -0.39 is 0 Å². The highest BCUT2D eigenvalue weighted by Crippen LogP contribution is 2.15. The van der Waals surface area contributed by atoms with Gasteiger partial charge in [0.2, 0.25) is 0 Å². The Kier molecular flexibility index (Phi) is 2.88. The SMILES string of the molecule is Cc1nc(Cc2ccc3ccccc3n2)ccc1N. The van der Waals surface area contributed by atoms with Gasteiger partial charge in [-0.2, -0.15) is 0 Å². The highest BCUT2D eigenvalue weighted by atomic mass is 14.8. The van der Waals surface area contributed by atoms with Crippen LogP contribution in [0.5, 0.6) is 0 Å². The van der Waals surface area contributed by atoms with E-state index in [1.54, 1.807) is 0 Å². The average molecular weight is 249 g/mol. The molecule has 0 aliphatic heterocycles. The van der Waals surface area contributed by atoms with E-state index in [0.29, 0.717) is 0 Å². The molecule has 0 fully saturated rings. The second-order valence-corrected chi connectivity index (χ2v) is 4.65. The van der Waals surface area contributed by atoms with Gasteiger partial charge in [0.1, 0.15) is 0 Å². The first-order valence-electron chi connectivity index (χ1n) is 6.29. The first-order valence-corrected chi connectivity index (χ1v) is 6.29. The highest BCUT2D eigenvalue weighted by molar-refractivity contribution is 5.78. The van der Waals surface area contributed by atoms with Crippen LogP contribution >= 0.6 is 0 Å². The molecule has 2 heterocycles. The fourth-order valence-corrected chi connectivity index (χ4v) is 2.11. The first kappa shape index (κ1) is 11.7. The summed E-state index contributed by atoms with van der Waals surface area (Å²) in [7, 11) is 0. The van der Waals surface area contributed by atoms with Crippen LogP contribution in [0.25, 0.3) is 10.9 Å². The number of pyridine rings is 2. The van der Waals surface area contributed by atoms with Gasteiger partial charge in [-0.15, -0.1) is 0 Å². The van der Waals surface area contributed by atoms with Crippen molar-refractivity contribution >= 4 is 16.6 Å². The third kappa shape index (κ3) is 2.40. The number of para-hydroxylation sites is 1. The molecule has 0 saturated carbocycles. The summed E-state index contributed by atoms with van der Waals surface area (Å²) in [6, 6.07) is 16.1. The quantitative estimate of drug-likeness (QED) is 0.759. The molecule has 94 valence electrons. The molecule has 0 aliphatic rings. The normalized spacial score (nSPS) is 10.8. The van der Waals surface area contributed by atoms with Crippen molar-refractivity contribution in [3.63, 3.8) is 0 Å². The van der Waals surface area contributed by atoms with Crippen molar-refractivity contribution in [2.45, 2.75) is 13.3 Å². The van der Waals surface area contributed by atoms with Gasteiger partial charge in [-0.25, -0.2) is 0 Å². The minimum atomic E-state index is 0.728. The molecule has 3 nitrogen and oxygen atoms in total. The van der Waals surface area contributed by atoms with Crippen LogP contribution in [0.2, 0.25) is 0 Å². The number of hydrogen-bond donors (Lipinski definition) is 1. The van der Waals surface area contributed by atoms with Crippen LogP contribution in [0.1, 0.15) is 17.1 Å². The standard InChI is InChI=1S/C16H15N3/c1-11-15(17)9-8-13(18-11)10-14-7-6-12-4-2-3-5-16(12)19-14/h2-9H,10,17H2,1H3. The lowest BCUT2D eigenvalue weighted by Gasteiger charge is -2.05. The summed E-state index contributed by atoms with van der Waals surface area (Å²) in [5.41, 5.74) is 10.4. The van der Waals surface area contributed by atoms with E-state index in [4.69, 9.17) is 5.73 Å². The van der Waals surface area contributed by atoms with Crippen LogP contribution in [0.3, 0.4) is 0 Å². The lowest BCUT2D eigenvalue weighted by Crippen LogP contribution is -1.99. The number of nitrogen functional groups attached to an aromatic ring is 1. The lowest BCUT2D eigenvalue weighted by atomic mass is 10.1. The van der Waals surface area contributed by atoms with Gasteiger partial charge in [0, 0.05) is 23.2 Å². The van der Waals surface area contributed by atoms with Crippen molar-refractivity contribution in [1.82, 2.24) is 9.97 Å². The summed E-state index contributed by atoms with van der Waals surface area (Å²) < 4.78 is 0. The molecule has 0 aliphatic carbocycles. The number of fused-ring (bicyclic) bond motifs is 1. The smallest absolute Gasteiger partial charge is 0.0705 e. The second-order valence-electron chi connectivity index (χ2n) is 4.65. The van der Waals surface area contributed by atoms with Crippen LogP contribution in [0.15, 0.2) is 48.5 Å². The predicted molar refractivity (Wildman–Crippen MR) is 77.9 cm³/mol. The van der Waals surface area contributed by atoms with Crippen molar-refractivity contribution < 1.29 is 0 Å². The third-order valence-corrected chi connectivity index (χ3v) is 3.20. The topological polar surface area (TPSA) is 51.8 Å². The zero-order valence-corrected chi connectivity index (χ0v) is 10.8. The van der Waals surface area contributed by atoms with Gasteiger partial charge in [0.15, 0.2) is 0 Å². The Labute approximate surface area is 112 Å². The molecule has 0 unspecified atom stereocenters. The van der Waals surface area contributed by atoms with Crippen molar-refractivity contribution in [2.24, 2.45) is 0 Å². The maximum Gasteiger partial charge on any atom is 0.0705 e. The number of aromatic nitrogens is 2. The third-order valence-electron chi connectivity index (χ3n) is 3.20. The second kappa shape index (κ2) is 4.69. The van der Waals surface area contributed by atoms with Gasteiger partial charge in [-0.05, 0) is 31.2 Å². The number of nitrogens with zero attached hydrogens (tertiary/aromatic N) is 2. The molecule has 0 saturated heterocycles. The molecular formula is C16H15N3. The highest BCUT2D eigenvalue weighted by Gasteiger charge is 2.03. The van der Waals surface area contributed by atoms with Crippen LogP contribution < -0.4 is 5.73 Å². The van der Waals surface area contributed by atoms with Crippen molar-refractivity contribution in [1.29, 1.82) is 0 Å².